The highest BCUT2D eigenvalue weighted by atomic mass is 15.2. The zero-order valence-corrected chi connectivity index (χ0v) is 13.3. The second kappa shape index (κ2) is 6.02. The number of likely N-dealkylation sites (N-methyl/N-ethyl adjacent to an activating group) is 1. The summed E-state index contributed by atoms with van der Waals surface area (Å²) in [5, 5.41) is 1.29. The van der Waals surface area contributed by atoms with E-state index in [1.165, 1.54) is 23.2 Å². The van der Waals surface area contributed by atoms with Crippen molar-refractivity contribution in [2.24, 2.45) is 0 Å². The zero-order valence-electron chi connectivity index (χ0n) is 13.3. The summed E-state index contributed by atoms with van der Waals surface area (Å²) in [6.45, 7) is 4.48. The highest BCUT2D eigenvalue weighted by molar-refractivity contribution is 5.92. The highest BCUT2D eigenvalue weighted by Gasteiger charge is 2.25. The lowest BCUT2D eigenvalue weighted by molar-refractivity contribution is 0.315. The molecule has 0 radical (unpaired) electrons. The molecule has 21 heavy (non-hydrogen) atoms. The first-order valence-corrected chi connectivity index (χ1v) is 7.99. The number of nitrogens with zero attached hydrogens (tertiary/aromatic N) is 3. The number of pyridine rings is 1. The van der Waals surface area contributed by atoms with Crippen molar-refractivity contribution in [2.75, 3.05) is 32.1 Å². The van der Waals surface area contributed by atoms with Crippen molar-refractivity contribution < 1.29 is 0 Å². The number of aryl methyl sites for hydroxylation is 1. The molecule has 1 aliphatic heterocycles. The average molecular weight is 283 g/mol. The molecule has 1 atom stereocenters. The van der Waals surface area contributed by atoms with Crippen LogP contribution >= 0.6 is 0 Å². The van der Waals surface area contributed by atoms with Crippen molar-refractivity contribution in [1.29, 1.82) is 0 Å². The fraction of sp³-hybridized carbons (Fsp3) is 0.500. The molecule has 2 aromatic rings. The van der Waals surface area contributed by atoms with Gasteiger partial charge in [-0.25, -0.2) is 0 Å². The Hall–Kier alpha value is -1.61. The first-order valence-electron chi connectivity index (χ1n) is 7.99. The van der Waals surface area contributed by atoms with E-state index in [1.807, 2.05) is 0 Å². The Morgan fingerprint density at radius 3 is 2.81 bits per heavy atom. The Bertz CT molecular complexity index is 621. The van der Waals surface area contributed by atoms with Gasteiger partial charge in [0, 0.05) is 35.9 Å². The first kappa shape index (κ1) is 14.3. The van der Waals surface area contributed by atoms with Gasteiger partial charge >= 0.3 is 0 Å². The number of fused-ring (bicyclic) bond motifs is 1. The van der Waals surface area contributed by atoms with Crippen LogP contribution in [-0.2, 0) is 6.42 Å². The molecule has 0 amide bonds. The molecule has 1 aliphatic rings. The van der Waals surface area contributed by atoms with E-state index in [2.05, 4.69) is 61.2 Å². The van der Waals surface area contributed by atoms with E-state index in [0.29, 0.717) is 6.04 Å². The quantitative estimate of drug-likeness (QED) is 0.858. The van der Waals surface area contributed by atoms with E-state index in [4.69, 9.17) is 4.98 Å². The number of benzene rings is 1. The molecule has 3 heteroatoms. The van der Waals surface area contributed by atoms with E-state index in [-0.39, 0.29) is 0 Å². The highest BCUT2D eigenvalue weighted by Crippen LogP contribution is 2.30. The van der Waals surface area contributed by atoms with Crippen LogP contribution in [0.25, 0.3) is 10.9 Å². The maximum atomic E-state index is 4.81. The molecule has 1 fully saturated rings. The van der Waals surface area contributed by atoms with Crippen molar-refractivity contribution >= 4 is 16.6 Å². The number of aromatic nitrogens is 1. The third-order valence-corrected chi connectivity index (χ3v) is 4.49. The molecular weight excluding hydrogens is 258 g/mol. The maximum Gasteiger partial charge on any atom is 0.0726 e. The van der Waals surface area contributed by atoms with Gasteiger partial charge in [-0.2, -0.15) is 0 Å². The normalized spacial score (nSPS) is 18.9. The Balaban J connectivity index is 2.00. The Kier molecular flexibility index (Phi) is 4.11. The van der Waals surface area contributed by atoms with E-state index in [9.17, 15) is 0 Å². The van der Waals surface area contributed by atoms with E-state index < -0.39 is 0 Å². The minimum atomic E-state index is 0.659. The second-order valence-corrected chi connectivity index (χ2v) is 6.25. The number of para-hydroxylation sites is 1. The molecule has 1 aromatic heterocycles. The van der Waals surface area contributed by atoms with Gasteiger partial charge in [0.25, 0.3) is 0 Å². The van der Waals surface area contributed by atoms with Gasteiger partial charge in [-0.15, -0.1) is 0 Å². The van der Waals surface area contributed by atoms with Crippen LogP contribution in [0.15, 0.2) is 30.3 Å². The van der Waals surface area contributed by atoms with Crippen LogP contribution in [0.1, 0.15) is 25.5 Å². The van der Waals surface area contributed by atoms with Crippen molar-refractivity contribution in [3.05, 3.63) is 36.0 Å². The summed E-state index contributed by atoms with van der Waals surface area (Å²) in [5.41, 5.74) is 3.72. The summed E-state index contributed by atoms with van der Waals surface area (Å²) in [4.78, 5) is 9.69. The Morgan fingerprint density at radius 1 is 1.29 bits per heavy atom. The van der Waals surface area contributed by atoms with Crippen molar-refractivity contribution in [2.45, 2.75) is 32.2 Å². The molecule has 112 valence electrons. The largest absolute Gasteiger partial charge is 0.369 e. The molecular formula is C18H25N3. The third kappa shape index (κ3) is 2.88. The van der Waals surface area contributed by atoms with Gasteiger partial charge in [0.05, 0.1) is 5.52 Å². The molecule has 0 spiro atoms. The molecule has 3 nitrogen and oxygen atoms in total. The first-order chi connectivity index (χ1) is 10.2. The van der Waals surface area contributed by atoms with E-state index in [1.54, 1.807) is 0 Å². The van der Waals surface area contributed by atoms with E-state index >= 15 is 0 Å². The Morgan fingerprint density at radius 2 is 2.10 bits per heavy atom. The summed E-state index contributed by atoms with van der Waals surface area (Å²) in [7, 11) is 4.36. The van der Waals surface area contributed by atoms with Gasteiger partial charge in [0.2, 0.25) is 0 Å². The molecule has 2 heterocycles. The van der Waals surface area contributed by atoms with Crippen molar-refractivity contribution in [3.8, 4) is 0 Å². The fourth-order valence-corrected chi connectivity index (χ4v) is 3.24. The summed E-state index contributed by atoms with van der Waals surface area (Å²) in [5.74, 6) is 0. The lowest BCUT2D eigenvalue weighted by Crippen LogP contribution is -2.31. The molecule has 3 rings (SSSR count). The zero-order chi connectivity index (χ0) is 14.8. The van der Waals surface area contributed by atoms with Crippen LogP contribution in [0.3, 0.4) is 0 Å². The van der Waals surface area contributed by atoms with Crippen LogP contribution in [-0.4, -0.2) is 43.1 Å². The molecule has 1 saturated heterocycles. The van der Waals surface area contributed by atoms with Crippen molar-refractivity contribution in [3.63, 3.8) is 0 Å². The molecule has 0 N–H and O–H groups in total. The van der Waals surface area contributed by atoms with Crippen molar-refractivity contribution in [1.82, 2.24) is 9.88 Å². The Labute approximate surface area is 127 Å². The van der Waals surface area contributed by atoms with Gasteiger partial charge in [0.1, 0.15) is 0 Å². The molecule has 1 aromatic carbocycles. The topological polar surface area (TPSA) is 19.4 Å². The minimum absolute atomic E-state index is 0.659. The van der Waals surface area contributed by atoms with Gasteiger partial charge in [-0.05, 0) is 39.1 Å². The minimum Gasteiger partial charge on any atom is -0.369 e. The number of rotatable bonds is 4. The van der Waals surface area contributed by atoms with Crippen LogP contribution in [0, 0.1) is 0 Å². The molecule has 0 saturated carbocycles. The van der Waals surface area contributed by atoms with Crippen LogP contribution in [0.2, 0.25) is 0 Å². The predicted octanol–water partition coefficient (Wildman–Crippen LogP) is 3.33. The average Bonchev–Trinajstić information content (AvgIpc) is 2.96. The lowest BCUT2D eigenvalue weighted by Gasteiger charge is -2.23. The van der Waals surface area contributed by atoms with Crippen LogP contribution in [0.4, 0.5) is 5.69 Å². The molecule has 0 bridgehead atoms. The number of hydrogen-bond acceptors (Lipinski definition) is 3. The smallest absolute Gasteiger partial charge is 0.0726 e. The van der Waals surface area contributed by atoms with Gasteiger partial charge in [-0.1, -0.05) is 31.5 Å². The summed E-state index contributed by atoms with van der Waals surface area (Å²) < 4.78 is 0. The van der Waals surface area contributed by atoms with Crippen LogP contribution < -0.4 is 4.90 Å². The monoisotopic (exact) mass is 283 g/mol. The van der Waals surface area contributed by atoms with Gasteiger partial charge < -0.3 is 9.80 Å². The maximum absolute atomic E-state index is 4.81. The number of hydrogen-bond donors (Lipinski definition) is 0. The predicted molar refractivity (Wildman–Crippen MR) is 90.0 cm³/mol. The lowest BCUT2D eigenvalue weighted by atomic mass is 10.1. The summed E-state index contributed by atoms with van der Waals surface area (Å²) in [6.07, 6.45) is 3.45. The van der Waals surface area contributed by atoms with Gasteiger partial charge in [0.15, 0.2) is 0 Å². The molecule has 1 unspecified atom stereocenters. The second-order valence-electron chi connectivity index (χ2n) is 6.25. The summed E-state index contributed by atoms with van der Waals surface area (Å²) in [6, 6.07) is 11.5. The molecule has 0 aliphatic carbocycles. The fourth-order valence-electron chi connectivity index (χ4n) is 3.24. The van der Waals surface area contributed by atoms with E-state index in [0.717, 1.165) is 31.4 Å². The number of anilines is 1. The SMILES string of the molecule is CCCc1cc(N2CCC(N(C)C)C2)c2ccccc2n1. The third-order valence-electron chi connectivity index (χ3n) is 4.49. The van der Waals surface area contributed by atoms with Gasteiger partial charge in [-0.3, -0.25) is 4.98 Å². The van der Waals surface area contributed by atoms with Crippen LogP contribution in [0.5, 0.6) is 0 Å². The standard InChI is InChI=1S/C18H25N3/c1-4-7-14-12-18(16-8-5-6-9-17(16)19-14)21-11-10-15(13-21)20(2)3/h5-6,8-9,12,15H,4,7,10-11,13H2,1-3H3. The summed E-state index contributed by atoms with van der Waals surface area (Å²) >= 11 is 0.